The molecule has 0 bridgehead atoms. The lowest BCUT2D eigenvalue weighted by molar-refractivity contribution is -0.133. The fourth-order valence-electron chi connectivity index (χ4n) is 0.706. The Kier molecular flexibility index (Phi) is 2.11. The summed E-state index contributed by atoms with van der Waals surface area (Å²) in [7, 11) is 0. The minimum atomic E-state index is -1.03. The average molecular weight is 152 g/mol. The maximum absolute atomic E-state index is 10.4. The fraction of sp³-hybridized carbons (Fsp3) is 0.125. The molecule has 58 valence electrons. The van der Waals surface area contributed by atoms with Crippen molar-refractivity contribution >= 4 is 5.97 Å². The van der Waals surface area contributed by atoms with Gasteiger partial charge in [0.2, 0.25) is 0 Å². The van der Waals surface area contributed by atoms with Crippen molar-refractivity contribution in [2.45, 2.75) is 6.10 Å². The van der Waals surface area contributed by atoms with Crippen molar-refractivity contribution < 1.29 is 14.6 Å². The molecule has 1 N–H and O–H groups in total. The standard InChI is InChI=1S/C8H8O3/c1-6(8(9)10)7-4-2-3-5-11-7/h2-5,7H,1H2,(H,9,10). The van der Waals surface area contributed by atoms with Crippen molar-refractivity contribution in [1.82, 2.24) is 0 Å². The van der Waals surface area contributed by atoms with Crippen LogP contribution in [0.1, 0.15) is 0 Å². The van der Waals surface area contributed by atoms with Gasteiger partial charge in [-0.1, -0.05) is 12.7 Å². The lowest BCUT2D eigenvalue weighted by atomic mass is 10.1. The van der Waals surface area contributed by atoms with Crippen molar-refractivity contribution in [3.8, 4) is 0 Å². The first kappa shape index (κ1) is 7.60. The quantitative estimate of drug-likeness (QED) is 0.602. The monoisotopic (exact) mass is 152 g/mol. The highest BCUT2D eigenvalue weighted by Crippen LogP contribution is 2.10. The number of carbonyl (C=O) groups is 1. The van der Waals surface area contributed by atoms with E-state index in [0.717, 1.165) is 0 Å². The summed E-state index contributed by atoms with van der Waals surface area (Å²) in [4.78, 5) is 10.4. The van der Waals surface area contributed by atoms with E-state index >= 15 is 0 Å². The van der Waals surface area contributed by atoms with Crippen LogP contribution in [-0.4, -0.2) is 17.2 Å². The molecule has 3 nitrogen and oxygen atoms in total. The second kappa shape index (κ2) is 3.05. The van der Waals surface area contributed by atoms with E-state index in [9.17, 15) is 4.79 Å². The van der Waals surface area contributed by atoms with Gasteiger partial charge in [-0.25, -0.2) is 4.79 Å². The number of rotatable bonds is 2. The minimum Gasteiger partial charge on any atom is -0.489 e. The molecule has 1 unspecified atom stereocenters. The number of hydrogen-bond acceptors (Lipinski definition) is 2. The lowest BCUT2D eigenvalue weighted by Crippen LogP contribution is -2.17. The first-order chi connectivity index (χ1) is 5.22. The van der Waals surface area contributed by atoms with Gasteiger partial charge < -0.3 is 9.84 Å². The van der Waals surface area contributed by atoms with Crippen LogP contribution in [0.2, 0.25) is 0 Å². The van der Waals surface area contributed by atoms with E-state index in [0.29, 0.717) is 0 Å². The van der Waals surface area contributed by atoms with Crippen LogP contribution in [0.5, 0.6) is 0 Å². The molecule has 1 rings (SSSR count). The summed E-state index contributed by atoms with van der Waals surface area (Å²) in [6.07, 6.45) is 5.97. The average Bonchev–Trinajstić information content (AvgIpc) is 2.05. The maximum Gasteiger partial charge on any atom is 0.335 e. The van der Waals surface area contributed by atoms with Crippen molar-refractivity contribution in [3.63, 3.8) is 0 Å². The molecule has 0 saturated carbocycles. The van der Waals surface area contributed by atoms with E-state index in [1.165, 1.54) is 6.26 Å². The second-order valence-electron chi connectivity index (χ2n) is 2.10. The number of aliphatic carboxylic acids is 1. The van der Waals surface area contributed by atoms with Crippen LogP contribution in [0.15, 0.2) is 36.6 Å². The van der Waals surface area contributed by atoms with Crippen LogP contribution in [0.4, 0.5) is 0 Å². The fourth-order valence-corrected chi connectivity index (χ4v) is 0.706. The van der Waals surface area contributed by atoms with Gasteiger partial charge in [-0.3, -0.25) is 0 Å². The zero-order valence-electron chi connectivity index (χ0n) is 5.86. The molecular formula is C8H8O3. The molecule has 0 saturated heterocycles. The Morgan fingerprint density at radius 2 is 2.27 bits per heavy atom. The van der Waals surface area contributed by atoms with Crippen molar-refractivity contribution in [2.75, 3.05) is 0 Å². The molecule has 1 aliphatic heterocycles. The predicted octanol–water partition coefficient (Wildman–Crippen LogP) is 1.10. The molecule has 0 radical (unpaired) electrons. The molecule has 0 aromatic carbocycles. The molecule has 0 fully saturated rings. The van der Waals surface area contributed by atoms with Gasteiger partial charge in [0.15, 0.2) is 0 Å². The zero-order valence-corrected chi connectivity index (χ0v) is 5.86. The van der Waals surface area contributed by atoms with Crippen LogP contribution in [0.3, 0.4) is 0 Å². The van der Waals surface area contributed by atoms with E-state index in [-0.39, 0.29) is 5.57 Å². The van der Waals surface area contributed by atoms with Crippen LogP contribution in [0.25, 0.3) is 0 Å². The van der Waals surface area contributed by atoms with Gasteiger partial charge >= 0.3 is 5.97 Å². The molecule has 1 heterocycles. The summed E-state index contributed by atoms with van der Waals surface area (Å²) in [5.41, 5.74) is 0.0469. The molecule has 0 aliphatic carbocycles. The summed E-state index contributed by atoms with van der Waals surface area (Å²) in [5.74, 6) is -1.03. The number of carboxylic acid groups (broad SMARTS) is 1. The van der Waals surface area contributed by atoms with E-state index in [1.807, 2.05) is 0 Å². The third kappa shape index (κ3) is 1.70. The van der Waals surface area contributed by atoms with E-state index < -0.39 is 12.1 Å². The Hall–Kier alpha value is -1.51. The summed E-state index contributed by atoms with van der Waals surface area (Å²) in [6.45, 7) is 3.37. The summed E-state index contributed by atoms with van der Waals surface area (Å²) in [5, 5.41) is 8.50. The number of ether oxygens (including phenoxy) is 1. The largest absolute Gasteiger partial charge is 0.489 e. The number of allylic oxidation sites excluding steroid dienone is 2. The molecule has 0 amide bonds. The Labute approximate surface area is 64.3 Å². The van der Waals surface area contributed by atoms with Gasteiger partial charge in [-0.15, -0.1) is 0 Å². The molecular weight excluding hydrogens is 144 g/mol. The van der Waals surface area contributed by atoms with Gasteiger partial charge in [-0.05, 0) is 12.2 Å². The van der Waals surface area contributed by atoms with Crippen LogP contribution < -0.4 is 0 Å². The maximum atomic E-state index is 10.4. The van der Waals surface area contributed by atoms with E-state index in [4.69, 9.17) is 9.84 Å². The normalized spacial score (nSPS) is 20.9. The smallest absolute Gasteiger partial charge is 0.335 e. The Morgan fingerprint density at radius 3 is 2.73 bits per heavy atom. The van der Waals surface area contributed by atoms with Gasteiger partial charge in [-0.2, -0.15) is 0 Å². The topological polar surface area (TPSA) is 46.5 Å². The summed E-state index contributed by atoms with van der Waals surface area (Å²) < 4.78 is 4.95. The molecule has 0 aromatic heterocycles. The molecule has 1 aliphatic rings. The molecule has 1 atom stereocenters. The van der Waals surface area contributed by atoms with Crippen molar-refractivity contribution in [2.24, 2.45) is 0 Å². The highest BCUT2D eigenvalue weighted by atomic mass is 16.5. The predicted molar refractivity (Wildman–Crippen MR) is 39.9 cm³/mol. The van der Waals surface area contributed by atoms with Crippen LogP contribution >= 0.6 is 0 Å². The second-order valence-corrected chi connectivity index (χ2v) is 2.10. The van der Waals surface area contributed by atoms with Gasteiger partial charge in [0.1, 0.15) is 6.10 Å². The molecule has 0 aromatic rings. The Bertz CT molecular complexity index is 238. The van der Waals surface area contributed by atoms with Gasteiger partial charge in [0, 0.05) is 0 Å². The highest BCUT2D eigenvalue weighted by Gasteiger charge is 2.16. The van der Waals surface area contributed by atoms with Crippen molar-refractivity contribution in [1.29, 1.82) is 0 Å². The molecule has 3 heteroatoms. The van der Waals surface area contributed by atoms with Gasteiger partial charge in [0.25, 0.3) is 0 Å². The summed E-state index contributed by atoms with van der Waals surface area (Å²) in [6, 6.07) is 0. The first-order valence-electron chi connectivity index (χ1n) is 3.12. The first-order valence-corrected chi connectivity index (χ1v) is 3.12. The zero-order chi connectivity index (χ0) is 8.27. The van der Waals surface area contributed by atoms with E-state index in [1.54, 1.807) is 18.2 Å². The van der Waals surface area contributed by atoms with Gasteiger partial charge in [0.05, 0.1) is 11.8 Å². The Morgan fingerprint density at radius 1 is 1.55 bits per heavy atom. The third-order valence-corrected chi connectivity index (χ3v) is 1.32. The summed E-state index contributed by atoms with van der Waals surface area (Å²) >= 11 is 0. The van der Waals surface area contributed by atoms with Crippen LogP contribution in [-0.2, 0) is 9.53 Å². The molecule has 11 heavy (non-hydrogen) atoms. The number of carboxylic acids is 1. The molecule has 0 spiro atoms. The third-order valence-electron chi connectivity index (χ3n) is 1.32. The van der Waals surface area contributed by atoms with Crippen molar-refractivity contribution in [3.05, 3.63) is 36.6 Å². The van der Waals surface area contributed by atoms with Crippen LogP contribution in [0, 0.1) is 0 Å². The minimum absolute atomic E-state index is 0.0469. The lowest BCUT2D eigenvalue weighted by Gasteiger charge is -2.13. The number of hydrogen-bond donors (Lipinski definition) is 1. The highest BCUT2D eigenvalue weighted by molar-refractivity contribution is 5.87. The SMILES string of the molecule is C=C(C(=O)O)C1C=CC=CO1. The Balaban J connectivity index is 2.62. The van der Waals surface area contributed by atoms with E-state index in [2.05, 4.69) is 6.58 Å².